The Hall–Kier alpha value is -5.69. The highest BCUT2D eigenvalue weighted by molar-refractivity contribution is 5.94. The second-order valence-electron chi connectivity index (χ2n) is 18.7. The summed E-state index contributed by atoms with van der Waals surface area (Å²) in [4.78, 5) is 95.3. The Kier molecular flexibility index (Phi) is 13.5. The fourth-order valence-corrected chi connectivity index (χ4v) is 9.95. The van der Waals surface area contributed by atoms with Crippen LogP contribution in [0.1, 0.15) is 97.1 Å². The highest BCUT2D eigenvalue weighted by Crippen LogP contribution is 2.64. The number of hydrogen-bond donors (Lipinski definition) is 4. The van der Waals surface area contributed by atoms with Crippen LogP contribution in [0, 0.1) is 23.4 Å². The normalized spacial score (nSPS) is 31.1. The molecule has 1 amide bonds. The Morgan fingerprint density at radius 1 is 0.908 bits per heavy atom. The maximum Gasteiger partial charge on any atom is 0.408 e. The van der Waals surface area contributed by atoms with Gasteiger partial charge >= 0.3 is 35.9 Å². The van der Waals surface area contributed by atoms with Crippen LogP contribution in [-0.4, -0.2) is 117 Å². The molecule has 4 aliphatic rings. The van der Waals surface area contributed by atoms with Gasteiger partial charge in [-0.3, -0.25) is 14.4 Å². The van der Waals surface area contributed by atoms with E-state index < -0.39 is 124 Å². The SMILES string of the molecule is CC(=O)O[CH]C(=O)O[C@@H](C(=O)O[C@H]1C[C@@]2(O)[C@@H](OC(=O)c3ccccc3)C3[C@](C)(C(=O)[C@H](O)C(=C1C)C2(C)C)[C@@H](O)C[C@H]1OC[C@@]31OC(C)=O)[C@@H](NC(=O)OC(C)(C)C)c1ccccc1. The third kappa shape index (κ3) is 9.00. The third-order valence-electron chi connectivity index (χ3n) is 13.1. The van der Waals surface area contributed by atoms with Crippen molar-refractivity contribution in [3.05, 3.63) is 89.5 Å². The lowest BCUT2D eigenvalue weighted by Crippen LogP contribution is -2.81. The summed E-state index contributed by atoms with van der Waals surface area (Å²) >= 11 is 0. The maximum atomic E-state index is 15.1. The van der Waals surface area contributed by atoms with Crippen molar-refractivity contribution in [2.45, 2.75) is 135 Å². The lowest BCUT2D eigenvalue weighted by atomic mass is 9.44. The Labute approximate surface area is 375 Å². The van der Waals surface area contributed by atoms with E-state index >= 15 is 4.79 Å². The van der Waals surface area contributed by atoms with Crippen molar-refractivity contribution in [3.63, 3.8) is 0 Å². The number of carbonyl (C=O) groups is 7. The lowest BCUT2D eigenvalue weighted by Gasteiger charge is -2.67. The molecule has 0 aromatic heterocycles. The summed E-state index contributed by atoms with van der Waals surface area (Å²) in [5.74, 6) is -7.90. The van der Waals surface area contributed by atoms with Gasteiger partial charge in [0.2, 0.25) is 12.7 Å². The van der Waals surface area contributed by atoms with Crippen LogP contribution in [0.2, 0.25) is 0 Å². The van der Waals surface area contributed by atoms with Crippen molar-refractivity contribution in [2.75, 3.05) is 6.61 Å². The molecule has 6 rings (SSSR count). The molecule has 3 fully saturated rings. The van der Waals surface area contributed by atoms with E-state index in [-0.39, 0.29) is 35.3 Å². The van der Waals surface area contributed by atoms with Gasteiger partial charge in [-0.05, 0) is 63.5 Å². The van der Waals surface area contributed by atoms with Gasteiger partial charge in [0.1, 0.15) is 41.7 Å². The van der Waals surface area contributed by atoms with Gasteiger partial charge in [-0.1, -0.05) is 62.4 Å². The van der Waals surface area contributed by atoms with Crippen molar-refractivity contribution in [2.24, 2.45) is 16.7 Å². The molecule has 18 heteroatoms. The first-order chi connectivity index (χ1) is 30.3. The summed E-state index contributed by atoms with van der Waals surface area (Å²) < 4.78 is 40.1. The number of hydrogen-bond acceptors (Lipinski definition) is 17. The van der Waals surface area contributed by atoms with E-state index in [0.29, 0.717) is 6.61 Å². The van der Waals surface area contributed by atoms with Crippen LogP contribution in [0.15, 0.2) is 71.8 Å². The minimum Gasteiger partial charge on any atom is -0.455 e. The second kappa shape index (κ2) is 17.9. The van der Waals surface area contributed by atoms with Gasteiger partial charge in [-0.25, -0.2) is 19.2 Å². The van der Waals surface area contributed by atoms with Gasteiger partial charge < -0.3 is 53.8 Å². The molecule has 2 saturated carbocycles. The average molecular weight is 907 g/mol. The summed E-state index contributed by atoms with van der Waals surface area (Å²) in [6, 6.07) is 14.0. The number of rotatable bonds is 11. The number of alkyl carbamates (subject to hydrolysis) is 1. The van der Waals surface area contributed by atoms with Crippen LogP contribution < -0.4 is 5.32 Å². The first-order valence-corrected chi connectivity index (χ1v) is 21.2. The molecule has 4 N–H and O–H groups in total. The number of benzene rings is 2. The minimum atomic E-state index is -2.46. The van der Waals surface area contributed by atoms with Crippen molar-refractivity contribution in [3.8, 4) is 0 Å². The first-order valence-electron chi connectivity index (χ1n) is 21.2. The Bertz CT molecular complexity index is 2240. The fourth-order valence-electron chi connectivity index (χ4n) is 9.95. The Morgan fingerprint density at radius 3 is 2.08 bits per heavy atom. The molecule has 2 bridgehead atoms. The monoisotopic (exact) mass is 906 g/mol. The minimum absolute atomic E-state index is 0.0359. The predicted octanol–water partition coefficient (Wildman–Crippen LogP) is 3.54. The number of aliphatic hydroxyl groups excluding tert-OH is 2. The zero-order valence-electron chi connectivity index (χ0n) is 37.6. The molecule has 0 spiro atoms. The van der Waals surface area contributed by atoms with E-state index in [1.54, 1.807) is 57.2 Å². The average Bonchev–Trinajstić information content (AvgIpc) is 3.22. The van der Waals surface area contributed by atoms with Crippen LogP contribution in [0.4, 0.5) is 4.79 Å². The van der Waals surface area contributed by atoms with Crippen LogP contribution in [0.25, 0.3) is 0 Å². The largest absolute Gasteiger partial charge is 0.455 e. The van der Waals surface area contributed by atoms with Crippen molar-refractivity contribution < 1.29 is 82.0 Å². The van der Waals surface area contributed by atoms with Crippen LogP contribution in [0.3, 0.4) is 0 Å². The molecule has 2 aromatic carbocycles. The molecule has 1 unspecified atom stereocenters. The van der Waals surface area contributed by atoms with E-state index in [0.717, 1.165) is 13.8 Å². The van der Waals surface area contributed by atoms with Crippen LogP contribution in [-0.2, 0) is 57.1 Å². The number of carbonyl (C=O) groups excluding carboxylic acids is 7. The molecular formula is C47H56NO17. The molecular weight excluding hydrogens is 851 g/mol. The molecule has 1 radical (unpaired) electrons. The molecule has 351 valence electrons. The summed E-state index contributed by atoms with van der Waals surface area (Å²) in [7, 11) is 0. The number of Topliss-reactive ketones (excluding diaryl/α,β-unsaturated/α-hetero) is 1. The van der Waals surface area contributed by atoms with Gasteiger partial charge in [0.15, 0.2) is 11.4 Å². The highest BCUT2D eigenvalue weighted by atomic mass is 16.6. The van der Waals surface area contributed by atoms with Gasteiger partial charge in [0.25, 0.3) is 0 Å². The molecule has 1 saturated heterocycles. The molecule has 1 aliphatic heterocycles. The fraction of sp³-hybridized carbons (Fsp3) is 0.532. The van der Waals surface area contributed by atoms with Crippen molar-refractivity contribution >= 4 is 41.7 Å². The molecule has 18 nitrogen and oxygen atoms in total. The Balaban J connectivity index is 1.52. The van der Waals surface area contributed by atoms with E-state index in [9.17, 15) is 44.1 Å². The zero-order chi connectivity index (χ0) is 48.0. The summed E-state index contributed by atoms with van der Waals surface area (Å²) in [6.45, 7) is 12.8. The third-order valence-corrected chi connectivity index (χ3v) is 13.1. The van der Waals surface area contributed by atoms with Crippen LogP contribution >= 0.6 is 0 Å². The Morgan fingerprint density at radius 2 is 1.52 bits per heavy atom. The number of esters is 5. The van der Waals surface area contributed by atoms with Gasteiger partial charge in [0.05, 0.1) is 29.6 Å². The molecule has 11 atom stereocenters. The van der Waals surface area contributed by atoms with Gasteiger partial charge in [0, 0.05) is 32.1 Å². The summed E-state index contributed by atoms with van der Waals surface area (Å²) in [5, 5.41) is 40.5. The summed E-state index contributed by atoms with van der Waals surface area (Å²) in [6.07, 6.45) is -12.2. The quantitative estimate of drug-likeness (QED) is 0.143. The number of nitrogens with one attached hydrogen (secondary N) is 1. The van der Waals surface area contributed by atoms with E-state index in [2.05, 4.69) is 5.32 Å². The number of fused-ring (bicyclic) bond motifs is 5. The van der Waals surface area contributed by atoms with Gasteiger partial charge in [-0.2, -0.15) is 0 Å². The summed E-state index contributed by atoms with van der Waals surface area (Å²) in [5.41, 5.74) is -8.89. The number of aliphatic hydroxyl groups is 3. The maximum absolute atomic E-state index is 15.1. The number of ether oxygens (including phenoxy) is 7. The highest BCUT2D eigenvalue weighted by Gasteiger charge is 2.78. The topological polar surface area (TPSA) is 257 Å². The van der Waals surface area contributed by atoms with Crippen LogP contribution in [0.5, 0.6) is 0 Å². The molecule has 1 heterocycles. The molecule has 3 aliphatic carbocycles. The lowest BCUT2D eigenvalue weighted by molar-refractivity contribution is -0.346. The number of ketones is 1. The smallest absolute Gasteiger partial charge is 0.408 e. The van der Waals surface area contributed by atoms with Crippen molar-refractivity contribution in [1.82, 2.24) is 5.32 Å². The predicted molar refractivity (Wildman–Crippen MR) is 224 cm³/mol. The standard InChI is InChI=1S/C47H56NO17/c1-24-29(61-41(56)36(62-32(52)22-59-25(2)49)34(27-16-12-10-13-17-27)48-42(57)65-43(4,5)6)21-47(58)39(63-40(55)28-18-14-11-15-19-28)37-45(9,38(54)35(53)33(24)44(47,7)8)30(51)20-31-46(37,23-60-31)64-26(3)50/h10-19,22,29-31,34-37,39,51,53,58H,20-21,23H2,1-9H3,(H,48,57)/t29-,30-,31+,34-,35+,36+,37?,39-,45+,46-,47+/m0/s1. The van der Waals surface area contributed by atoms with E-state index in [4.69, 9.17) is 33.2 Å². The van der Waals surface area contributed by atoms with Crippen molar-refractivity contribution in [1.29, 1.82) is 0 Å². The zero-order valence-corrected chi connectivity index (χ0v) is 37.6. The molecule has 2 aromatic rings. The first kappa shape index (κ1) is 48.8. The number of amides is 1. The van der Waals surface area contributed by atoms with E-state index in [1.807, 2.05) is 0 Å². The second-order valence-corrected chi connectivity index (χ2v) is 18.7. The van der Waals surface area contributed by atoms with E-state index in [1.165, 1.54) is 52.0 Å². The molecule has 65 heavy (non-hydrogen) atoms. The van der Waals surface area contributed by atoms with Gasteiger partial charge in [-0.15, -0.1) is 0 Å².